The lowest BCUT2D eigenvalue weighted by Gasteiger charge is -2.44. The Morgan fingerprint density at radius 2 is 1.66 bits per heavy atom. The molecule has 1 saturated carbocycles. The number of Topliss-reactive ketones (excluding diaryl/α,β-unsaturated/α-hetero) is 1. The highest BCUT2D eigenvalue weighted by atomic mass is 16.7. The number of allylic oxidation sites excluding steroid dienone is 2. The molecule has 3 saturated heterocycles. The second-order valence-corrected chi connectivity index (χ2v) is 18.3. The van der Waals surface area contributed by atoms with Crippen LogP contribution < -0.4 is 0 Å². The molecule has 5 heterocycles. The summed E-state index contributed by atoms with van der Waals surface area (Å²) in [7, 11) is 9.16. The van der Waals surface area contributed by atoms with Crippen LogP contribution in [0.3, 0.4) is 0 Å². The number of imidazole rings is 1. The van der Waals surface area contributed by atoms with E-state index in [1.807, 2.05) is 32.0 Å². The first-order valence-corrected chi connectivity index (χ1v) is 22.2. The van der Waals surface area contributed by atoms with E-state index in [1.165, 1.54) is 0 Å². The van der Waals surface area contributed by atoms with E-state index in [-0.39, 0.29) is 96.8 Å². The lowest BCUT2D eigenvalue weighted by molar-refractivity contribution is -0.314. The van der Waals surface area contributed by atoms with Gasteiger partial charge in [0.1, 0.15) is 30.1 Å². The Balaban J connectivity index is 1.13. The summed E-state index contributed by atoms with van der Waals surface area (Å²) in [5.74, 6) is -0.975. The summed E-state index contributed by atoms with van der Waals surface area (Å²) in [6.07, 6.45) is 7.42. The highest BCUT2D eigenvalue weighted by Crippen LogP contribution is 2.61. The fraction of sp³-hybridized carbons (Fsp3) is 0.761. The van der Waals surface area contributed by atoms with E-state index in [9.17, 15) is 4.79 Å². The molecule has 6 unspecified atom stereocenters. The van der Waals surface area contributed by atoms with Crippen molar-refractivity contribution in [1.29, 1.82) is 0 Å². The van der Waals surface area contributed by atoms with Gasteiger partial charge in [0.05, 0.1) is 36.5 Å². The fourth-order valence-corrected chi connectivity index (χ4v) is 11.9. The normalized spacial score (nSPS) is 41.7. The average molecular weight is 822 g/mol. The van der Waals surface area contributed by atoms with Crippen LogP contribution in [0.5, 0.6) is 0 Å². The molecule has 4 fully saturated rings. The van der Waals surface area contributed by atoms with Crippen LogP contribution in [0.25, 0.3) is 5.65 Å². The standard InChI is InChI=1S/C46H67N3O10/c1-10-27-14-13-15-35(59-38-18-17-34(48(5)6)25(3)55-38)24(2)42(51)33-22-30-29-20-28(58-46-45(54-9)44(53-8)43(52-7)26(4)56-46)21-32(29)41-40(39(30)31(33)23-37(50)57-27)47-36-16-11-12-19-49(36)41/h11-12,16,19,22,24-32,34-35,38-39,43-46H,10,13-15,17-18,20-21,23H2,1-9H3/t24-,25?,26?,27+,28+,29+,30+,31-,32-,34+,35+,38+,39-,43?,44?,45?,46?/m1/s1. The number of hydrogen-bond donors (Lipinski definition) is 0. The molecular weight excluding hydrogens is 755 g/mol. The number of likely N-dealkylation sites (N-methyl/N-ethyl adjacent to an activating group) is 1. The van der Waals surface area contributed by atoms with Gasteiger partial charge in [-0.25, -0.2) is 4.98 Å². The van der Waals surface area contributed by atoms with Gasteiger partial charge in [-0.05, 0) is 109 Å². The first-order valence-electron chi connectivity index (χ1n) is 22.2. The fourth-order valence-electron chi connectivity index (χ4n) is 11.9. The van der Waals surface area contributed by atoms with E-state index >= 15 is 4.79 Å². The second kappa shape index (κ2) is 17.9. The van der Waals surface area contributed by atoms with Gasteiger partial charge in [-0.2, -0.15) is 0 Å². The molecule has 3 aliphatic heterocycles. The third kappa shape index (κ3) is 8.08. The van der Waals surface area contributed by atoms with Gasteiger partial charge >= 0.3 is 5.97 Å². The predicted octanol–water partition coefficient (Wildman–Crippen LogP) is 6.21. The topological polar surface area (TPSA) is 129 Å². The Hall–Kier alpha value is -2.75. The zero-order valence-electron chi connectivity index (χ0n) is 36.5. The number of ether oxygens (including phenoxy) is 8. The summed E-state index contributed by atoms with van der Waals surface area (Å²) in [6, 6.07) is 6.40. The number of carbonyl (C=O) groups excluding carboxylic acids is 2. The van der Waals surface area contributed by atoms with Gasteiger partial charge in [-0.3, -0.25) is 9.59 Å². The maximum atomic E-state index is 15.1. The lowest BCUT2D eigenvalue weighted by atomic mass is 9.66. The quantitative estimate of drug-likeness (QED) is 0.267. The van der Waals surface area contributed by atoms with Crippen LogP contribution in [0, 0.1) is 23.7 Å². The number of esters is 1. The van der Waals surface area contributed by atoms with E-state index < -0.39 is 18.3 Å². The smallest absolute Gasteiger partial charge is 0.306 e. The molecule has 2 aromatic heterocycles. The van der Waals surface area contributed by atoms with Crippen molar-refractivity contribution in [2.45, 2.75) is 165 Å². The van der Waals surface area contributed by atoms with Crippen molar-refractivity contribution >= 4 is 17.4 Å². The Labute approximate surface area is 349 Å². The van der Waals surface area contributed by atoms with E-state index in [1.54, 1.807) is 21.3 Å². The van der Waals surface area contributed by atoms with Crippen LogP contribution in [0.15, 0.2) is 36.0 Å². The molecule has 17 atom stereocenters. The minimum absolute atomic E-state index is 0.0128. The SMILES string of the molecule is CC[C@H]1CCC[C@H](O[C@H]2CC[C@H](N(C)C)C(C)O2)[C@@H](C)C(=O)C2=C[C@H]3[C@@H]4C[C@H](OC5OC(C)C(OC)C(OC)C5OC)C[C@H]4c4c(nc5ccccn45)[C@H]3[C@@H]2CC(=O)O1. The van der Waals surface area contributed by atoms with Crippen LogP contribution in [0.4, 0.5) is 0 Å². The number of methoxy groups -OCH3 is 3. The van der Waals surface area contributed by atoms with Gasteiger partial charge in [-0.1, -0.05) is 26.0 Å². The molecular formula is C46H67N3O10. The number of hydrogen-bond acceptors (Lipinski definition) is 12. The molecule has 0 bridgehead atoms. The highest BCUT2D eigenvalue weighted by Gasteiger charge is 2.57. The van der Waals surface area contributed by atoms with E-state index in [0.29, 0.717) is 18.0 Å². The number of pyridine rings is 1. The molecule has 0 aromatic carbocycles. The van der Waals surface area contributed by atoms with Crippen molar-refractivity contribution in [1.82, 2.24) is 14.3 Å². The van der Waals surface area contributed by atoms with Crippen LogP contribution in [0.1, 0.15) is 109 Å². The number of aromatic nitrogens is 2. The van der Waals surface area contributed by atoms with Crippen molar-refractivity contribution in [2.75, 3.05) is 35.4 Å². The monoisotopic (exact) mass is 821 g/mol. The summed E-state index contributed by atoms with van der Waals surface area (Å²) in [6.45, 7) is 8.17. The Morgan fingerprint density at radius 3 is 2.37 bits per heavy atom. The first-order chi connectivity index (χ1) is 28.5. The summed E-state index contributed by atoms with van der Waals surface area (Å²) >= 11 is 0. The number of cyclic esters (lactones) is 1. The zero-order chi connectivity index (χ0) is 41.7. The predicted molar refractivity (Wildman–Crippen MR) is 219 cm³/mol. The molecule has 326 valence electrons. The Bertz CT molecular complexity index is 1830. The molecule has 59 heavy (non-hydrogen) atoms. The third-order valence-electron chi connectivity index (χ3n) is 14.8. The number of fused-ring (bicyclic) bond motifs is 10. The van der Waals surface area contributed by atoms with Crippen molar-refractivity contribution in [2.24, 2.45) is 23.7 Å². The molecule has 0 spiro atoms. The maximum absolute atomic E-state index is 15.1. The molecule has 0 amide bonds. The van der Waals surface area contributed by atoms with Crippen molar-refractivity contribution in [3.63, 3.8) is 0 Å². The number of nitrogens with zero attached hydrogens (tertiary/aromatic N) is 3. The minimum atomic E-state index is -0.656. The van der Waals surface area contributed by atoms with Crippen LogP contribution in [-0.2, 0) is 47.5 Å². The largest absolute Gasteiger partial charge is 0.462 e. The Morgan fingerprint density at radius 1 is 0.881 bits per heavy atom. The van der Waals surface area contributed by atoms with E-state index in [4.69, 9.17) is 42.9 Å². The summed E-state index contributed by atoms with van der Waals surface area (Å²) in [4.78, 5) is 36.6. The number of carbonyl (C=O) groups is 2. The van der Waals surface area contributed by atoms with E-state index in [0.717, 1.165) is 62.0 Å². The average Bonchev–Trinajstić information content (AvgIpc) is 3.92. The molecule has 0 radical (unpaired) electrons. The summed E-state index contributed by atoms with van der Waals surface area (Å²) in [5.41, 5.74) is 3.69. The zero-order valence-corrected chi connectivity index (χ0v) is 36.5. The molecule has 13 nitrogen and oxygen atoms in total. The summed E-state index contributed by atoms with van der Waals surface area (Å²) < 4.78 is 52.7. The molecule has 13 heteroatoms. The lowest BCUT2D eigenvalue weighted by Crippen LogP contribution is -2.59. The van der Waals surface area contributed by atoms with Gasteiger partial charge in [0.15, 0.2) is 18.4 Å². The van der Waals surface area contributed by atoms with Crippen molar-refractivity contribution < 1.29 is 47.5 Å². The highest BCUT2D eigenvalue weighted by molar-refractivity contribution is 5.99. The van der Waals surface area contributed by atoms with Crippen LogP contribution in [-0.4, -0.2) is 129 Å². The molecule has 6 aliphatic rings. The second-order valence-electron chi connectivity index (χ2n) is 18.3. The van der Waals surface area contributed by atoms with Gasteiger partial charge < -0.3 is 47.2 Å². The molecule has 8 rings (SSSR count). The van der Waals surface area contributed by atoms with Crippen molar-refractivity contribution in [3.05, 3.63) is 47.4 Å². The first kappa shape index (κ1) is 42.9. The van der Waals surface area contributed by atoms with Gasteiger partial charge in [0, 0.05) is 62.9 Å². The molecule has 2 aromatic rings. The Kier molecular flexibility index (Phi) is 13.0. The third-order valence-corrected chi connectivity index (χ3v) is 14.8. The van der Waals surface area contributed by atoms with Gasteiger partial charge in [-0.15, -0.1) is 0 Å². The van der Waals surface area contributed by atoms with Crippen molar-refractivity contribution in [3.8, 4) is 0 Å². The molecule has 0 N–H and O–H groups in total. The van der Waals surface area contributed by atoms with Crippen LogP contribution in [0.2, 0.25) is 0 Å². The van der Waals surface area contributed by atoms with E-state index in [2.05, 4.69) is 49.5 Å². The maximum Gasteiger partial charge on any atom is 0.306 e. The van der Waals surface area contributed by atoms with Gasteiger partial charge in [0.25, 0.3) is 0 Å². The van der Waals surface area contributed by atoms with Gasteiger partial charge in [0.2, 0.25) is 0 Å². The minimum Gasteiger partial charge on any atom is -0.462 e. The number of ketones is 1. The number of rotatable bonds is 9. The molecule has 3 aliphatic carbocycles. The van der Waals surface area contributed by atoms with Crippen LogP contribution >= 0.6 is 0 Å². The summed E-state index contributed by atoms with van der Waals surface area (Å²) in [5, 5.41) is 0.